The van der Waals surface area contributed by atoms with Crippen LogP contribution < -0.4 is 0 Å². The largest absolute Gasteiger partial charge is 0.419 e. The highest BCUT2D eigenvalue weighted by atomic mass is 35.5. The van der Waals surface area contributed by atoms with Crippen molar-refractivity contribution in [1.82, 2.24) is 15.1 Å². The quantitative estimate of drug-likeness (QED) is 0.475. The molecule has 0 N–H and O–H groups in total. The zero-order valence-electron chi connectivity index (χ0n) is 14.3. The molecule has 3 rings (SSSR count). The average molecular weight is 373 g/mol. The van der Waals surface area contributed by atoms with Gasteiger partial charge >= 0.3 is 0 Å². The third kappa shape index (κ3) is 4.25. The van der Waals surface area contributed by atoms with E-state index in [-0.39, 0.29) is 5.69 Å². The number of hydrogen-bond donors (Lipinski definition) is 0. The van der Waals surface area contributed by atoms with E-state index in [1.807, 2.05) is 43.1 Å². The average Bonchev–Trinajstić information content (AvgIpc) is 3.05. The minimum Gasteiger partial charge on any atom is -0.419 e. The Morgan fingerprint density at radius 3 is 2.58 bits per heavy atom. The van der Waals surface area contributed by atoms with Crippen LogP contribution in [0.25, 0.3) is 11.5 Å². The van der Waals surface area contributed by atoms with Crippen LogP contribution in [0.15, 0.2) is 46.9 Å². The van der Waals surface area contributed by atoms with E-state index in [0.29, 0.717) is 35.5 Å². The van der Waals surface area contributed by atoms with E-state index in [9.17, 15) is 10.1 Å². The van der Waals surface area contributed by atoms with E-state index >= 15 is 0 Å². The van der Waals surface area contributed by atoms with Crippen LogP contribution in [0.3, 0.4) is 0 Å². The fourth-order valence-corrected chi connectivity index (χ4v) is 2.68. The minimum absolute atomic E-state index is 0.0113. The lowest BCUT2D eigenvalue weighted by atomic mass is 10.1. The van der Waals surface area contributed by atoms with E-state index in [1.165, 1.54) is 18.2 Å². The smallest absolute Gasteiger partial charge is 0.269 e. The van der Waals surface area contributed by atoms with E-state index in [4.69, 9.17) is 16.0 Å². The summed E-state index contributed by atoms with van der Waals surface area (Å²) in [5.74, 6) is 0.923. The van der Waals surface area contributed by atoms with E-state index in [1.54, 1.807) is 0 Å². The van der Waals surface area contributed by atoms with E-state index in [2.05, 4.69) is 10.2 Å². The van der Waals surface area contributed by atoms with Gasteiger partial charge in [-0.25, -0.2) is 0 Å². The second kappa shape index (κ2) is 7.63. The summed E-state index contributed by atoms with van der Waals surface area (Å²) in [5.41, 5.74) is 2.69. The van der Waals surface area contributed by atoms with Crippen molar-refractivity contribution in [3.05, 3.63) is 74.6 Å². The topological polar surface area (TPSA) is 85.3 Å². The molecule has 0 spiro atoms. The molecule has 1 heterocycles. The first-order valence-corrected chi connectivity index (χ1v) is 8.31. The maximum atomic E-state index is 10.9. The second-order valence-corrected chi connectivity index (χ2v) is 6.48. The second-order valence-electron chi connectivity index (χ2n) is 6.07. The molecule has 0 saturated heterocycles. The van der Waals surface area contributed by atoms with Gasteiger partial charge in [0.2, 0.25) is 11.8 Å². The van der Waals surface area contributed by atoms with Gasteiger partial charge in [0.1, 0.15) is 0 Å². The van der Waals surface area contributed by atoms with Crippen molar-refractivity contribution in [2.24, 2.45) is 0 Å². The first kappa shape index (κ1) is 18.0. The Bertz CT molecular complexity index is 924. The molecular weight excluding hydrogens is 356 g/mol. The molecule has 0 unspecified atom stereocenters. The molecule has 1 aromatic heterocycles. The summed E-state index contributed by atoms with van der Waals surface area (Å²) in [6.07, 6.45) is 0. The Morgan fingerprint density at radius 2 is 1.88 bits per heavy atom. The zero-order valence-corrected chi connectivity index (χ0v) is 15.1. The molecule has 7 nitrogen and oxygen atoms in total. The molecule has 0 amide bonds. The van der Waals surface area contributed by atoms with E-state index < -0.39 is 4.92 Å². The van der Waals surface area contributed by atoms with Crippen molar-refractivity contribution >= 4 is 17.3 Å². The highest BCUT2D eigenvalue weighted by Crippen LogP contribution is 2.24. The number of rotatable bonds is 6. The van der Waals surface area contributed by atoms with E-state index in [0.717, 1.165) is 11.1 Å². The van der Waals surface area contributed by atoms with Gasteiger partial charge in [-0.3, -0.25) is 15.0 Å². The summed E-state index contributed by atoms with van der Waals surface area (Å²) in [7, 11) is 1.85. The van der Waals surface area contributed by atoms with Gasteiger partial charge in [0, 0.05) is 29.3 Å². The molecular formula is C18H17ClN4O3. The molecule has 0 aliphatic heterocycles. The number of aromatic nitrogens is 2. The van der Waals surface area contributed by atoms with Gasteiger partial charge in [0.15, 0.2) is 0 Å². The molecule has 2 aromatic carbocycles. The molecule has 3 aromatic rings. The van der Waals surface area contributed by atoms with Crippen LogP contribution in [-0.4, -0.2) is 27.1 Å². The maximum Gasteiger partial charge on any atom is 0.269 e. The summed E-state index contributed by atoms with van der Waals surface area (Å²) < 4.78 is 5.71. The van der Waals surface area contributed by atoms with Gasteiger partial charge in [-0.05, 0) is 37.7 Å². The third-order valence-corrected chi connectivity index (χ3v) is 4.22. The molecule has 134 valence electrons. The Hall–Kier alpha value is -2.77. The standard InChI is InChI=1S/C18H17ClN4O3/c1-12-3-5-13(6-4-12)18-21-20-17(26-18)11-22(2)10-14-9-15(23(24)25)7-8-16(14)19/h3-9H,10-11H2,1-2H3. The summed E-state index contributed by atoms with van der Waals surface area (Å²) in [4.78, 5) is 12.4. The number of benzene rings is 2. The molecule has 0 aliphatic rings. The number of halogens is 1. The highest BCUT2D eigenvalue weighted by molar-refractivity contribution is 6.31. The number of aryl methyl sites for hydroxylation is 1. The number of nitro groups is 1. The van der Waals surface area contributed by atoms with Gasteiger partial charge in [0.25, 0.3) is 5.69 Å². The summed E-state index contributed by atoms with van der Waals surface area (Å²) in [6, 6.07) is 12.2. The lowest BCUT2D eigenvalue weighted by Crippen LogP contribution is -2.17. The minimum atomic E-state index is -0.439. The number of nitro benzene ring substituents is 1. The van der Waals surface area contributed by atoms with Crippen molar-refractivity contribution in [2.45, 2.75) is 20.0 Å². The SMILES string of the molecule is Cc1ccc(-c2nnc(CN(C)Cc3cc([N+](=O)[O-])ccc3Cl)o2)cc1. The predicted molar refractivity (Wildman–Crippen MR) is 97.7 cm³/mol. The Balaban J connectivity index is 1.69. The van der Waals surface area contributed by atoms with Gasteiger partial charge in [-0.2, -0.15) is 0 Å². The first-order valence-electron chi connectivity index (χ1n) is 7.93. The van der Waals surface area contributed by atoms with Crippen molar-refractivity contribution in [3.8, 4) is 11.5 Å². The van der Waals surface area contributed by atoms with Crippen molar-refractivity contribution in [1.29, 1.82) is 0 Å². The van der Waals surface area contributed by atoms with Crippen LogP contribution >= 0.6 is 11.6 Å². The number of hydrogen-bond acceptors (Lipinski definition) is 6. The normalized spacial score (nSPS) is 11.1. The molecule has 0 saturated carbocycles. The van der Waals surface area contributed by atoms with Crippen molar-refractivity contribution in [3.63, 3.8) is 0 Å². The Kier molecular flexibility index (Phi) is 5.29. The molecule has 0 radical (unpaired) electrons. The van der Waals surface area contributed by atoms with Crippen LogP contribution in [0.5, 0.6) is 0 Å². The number of non-ortho nitro benzene ring substituents is 1. The predicted octanol–water partition coefficient (Wildman–Crippen LogP) is 4.24. The van der Waals surface area contributed by atoms with Crippen LogP contribution in [0.4, 0.5) is 5.69 Å². The molecule has 0 aliphatic carbocycles. The molecule has 26 heavy (non-hydrogen) atoms. The fraction of sp³-hybridized carbons (Fsp3) is 0.222. The molecule has 8 heteroatoms. The zero-order chi connectivity index (χ0) is 18.7. The first-order chi connectivity index (χ1) is 12.4. The third-order valence-electron chi connectivity index (χ3n) is 3.85. The molecule has 0 fully saturated rings. The van der Waals surface area contributed by atoms with Gasteiger partial charge < -0.3 is 4.42 Å². The fourth-order valence-electron chi connectivity index (χ4n) is 2.50. The van der Waals surface area contributed by atoms with Gasteiger partial charge in [0.05, 0.1) is 11.5 Å². The van der Waals surface area contributed by atoms with Crippen molar-refractivity contribution in [2.75, 3.05) is 7.05 Å². The number of nitrogens with zero attached hydrogens (tertiary/aromatic N) is 4. The highest BCUT2D eigenvalue weighted by Gasteiger charge is 2.14. The Morgan fingerprint density at radius 1 is 1.15 bits per heavy atom. The van der Waals surface area contributed by atoms with Crippen LogP contribution in [0.1, 0.15) is 17.0 Å². The molecule has 0 bridgehead atoms. The maximum absolute atomic E-state index is 10.9. The summed E-state index contributed by atoms with van der Waals surface area (Å²) in [5, 5.41) is 19.5. The van der Waals surface area contributed by atoms with Crippen molar-refractivity contribution < 1.29 is 9.34 Å². The van der Waals surface area contributed by atoms with Gasteiger partial charge in [-0.15, -0.1) is 10.2 Å². The lowest BCUT2D eigenvalue weighted by molar-refractivity contribution is -0.384. The monoisotopic (exact) mass is 372 g/mol. The van der Waals surface area contributed by atoms with Crippen LogP contribution in [0.2, 0.25) is 5.02 Å². The summed E-state index contributed by atoms with van der Waals surface area (Å²) >= 11 is 6.14. The van der Waals surface area contributed by atoms with Crippen LogP contribution in [-0.2, 0) is 13.1 Å². The Labute approximate surface area is 155 Å². The lowest BCUT2D eigenvalue weighted by Gasteiger charge is -2.15. The molecule has 0 atom stereocenters. The van der Waals surface area contributed by atoms with Crippen LogP contribution in [0, 0.1) is 17.0 Å². The van der Waals surface area contributed by atoms with Gasteiger partial charge in [-0.1, -0.05) is 29.3 Å². The summed E-state index contributed by atoms with van der Waals surface area (Å²) in [6.45, 7) is 2.83.